The van der Waals surface area contributed by atoms with Gasteiger partial charge >= 0.3 is 0 Å². The topological polar surface area (TPSA) is 33.7 Å². The summed E-state index contributed by atoms with van der Waals surface area (Å²) in [5.41, 5.74) is 1.27. The molecule has 1 aliphatic heterocycles. The Labute approximate surface area is 109 Å². The molecule has 1 aliphatic rings. The van der Waals surface area contributed by atoms with Crippen LogP contribution in [0.1, 0.15) is 5.56 Å². The summed E-state index contributed by atoms with van der Waals surface area (Å²) in [6.07, 6.45) is 1.30. The minimum Gasteiger partial charge on any atom is -0.493 e. The maximum atomic E-state index is 5.98. The van der Waals surface area contributed by atoms with Gasteiger partial charge in [0.1, 0.15) is 6.10 Å². The molecule has 4 nitrogen and oxygen atoms in total. The third kappa shape index (κ3) is 3.15. The Kier molecular flexibility index (Phi) is 4.44. The van der Waals surface area contributed by atoms with Gasteiger partial charge in [0.05, 0.1) is 7.11 Å². The minimum absolute atomic E-state index is 0.295. The fraction of sp³-hybridized carbons (Fsp3) is 0.571. The Morgan fingerprint density at radius 2 is 2.11 bits per heavy atom. The smallest absolute Gasteiger partial charge is 0.161 e. The van der Waals surface area contributed by atoms with Gasteiger partial charge in [0, 0.05) is 13.1 Å². The van der Waals surface area contributed by atoms with E-state index in [0.29, 0.717) is 6.10 Å². The Balaban J connectivity index is 2.04. The largest absolute Gasteiger partial charge is 0.493 e. The van der Waals surface area contributed by atoms with Crippen LogP contribution in [0.4, 0.5) is 0 Å². The van der Waals surface area contributed by atoms with Crippen molar-refractivity contribution in [3.05, 3.63) is 23.8 Å². The first kappa shape index (κ1) is 13.2. The highest BCUT2D eigenvalue weighted by Gasteiger charge is 2.25. The van der Waals surface area contributed by atoms with Gasteiger partial charge in [0.25, 0.3) is 0 Å². The number of nitrogens with one attached hydrogen (secondary N) is 1. The number of nitrogens with zero attached hydrogens (tertiary/aromatic N) is 1. The maximum absolute atomic E-state index is 5.98. The van der Waals surface area contributed by atoms with Crippen LogP contribution in [-0.2, 0) is 6.42 Å². The summed E-state index contributed by atoms with van der Waals surface area (Å²) in [5.74, 6) is 1.68. The van der Waals surface area contributed by atoms with Crippen molar-refractivity contribution >= 4 is 0 Å². The van der Waals surface area contributed by atoms with Crippen LogP contribution in [0.3, 0.4) is 0 Å². The van der Waals surface area contributed by atoms with Crippen LogP contribution in [0, 0.1) is 0 Å². The quantitative estimate of drug-likeness (QED) is 0.821. The molecule has 0 bridgehead atoms. The fourth-order valence-electron chi connectivity index (χ4n) is 2.13. The minimum atomic E-state index is 0.295. The van der Waals surface area contributed by atoms with Gasteiger partial charge in [-0.2, -0.15) is 0 Å². The molecule has 1 aromatic rings. The van der Waals surface area contributed by atoms with Crippen molar-refractivity contribution < 1.29 is 9.47 Å². The second kappa shape index (κ2) is 6.07. The first-order chi connectivity index (χ1) is 8.72. The molecule has 0 radical (unpaired) electrons. The van der Waals surface area contributed by atoms with Crippen molar-refractivity contribution in [3.8, 4) is 11.5 Å². The highest BCUT2D eigenvalue weighted by Crippen LogP contribution is 2.30. The number of methoxy groups -OCH3 is 1. The molecule has 0 unspecified atom stereocenters. The van der Waals surface area contributed by atoms with Gasteiger partial charge < -0.3 is 14.8 Å². The third-order valence-corrected chi connectivity index (χ3v) is 3.22. The average Bonchev–Trinajstić information content (AvgIpc) is 2.35. The third-order valence-electron chi connectivity index (χ3n) is 3.22. The number of hydrogen-bond donors (Lipinski definition) is 1. The number of likely N-dealkylation sites (tertiary alicyclic amines) is 1. The standard InChI is InChI=1S/C14H22N2O2/c1-15-7-6-11-4-5-13(17-3)14(8-11)18-12-9-16(2)10-12/h4-5,8,12,15H,6-7,9-10H2,1-3H3. The predicted molar refractivity (Wildman–Crippen MR) is 72.5 cm³/mol. The molecule has 1 fully saturated rings. The van der Waals surface area contributed by atoms with E-state index in [9.17, 15) is 0 Å². The lowest BCUT2D eigenvalue weighted by molar-refractivity contribution is 0.0369. The molecule has 4 heteroatoms. The van der Waals surface area contributed by atoms with Gasteiger partial charge in [-0.15, -0.1) is 0 Å². The van der Waals surface area contributed by atoms with Gasteiger partial charge in [-0.25, -0.2) is 0 Å². The van der Waals surface area contributed by atoms with Crippen LogP contribution >= 0.6 is 0 Å². The summed E-state index contributed by atoms with van der Waals surface area (Å²) in [4.78, 5) is 2.24. The summed E-state index contributed by atoms with van der Waals surface area (Å²) in [6, 6.07) is 6.17. The van der Waals surface area contributed by atoms with E-state index in [1.165, 1.54) is 5.56 Å². The van der Waals surface area contributed by atoms with Crippen molar-refractivity contribution in [2.45, 2.75) is 12.5 Å². The number of benzene rings is 1. The number of likely N-dealkylation sites (N-methyl/N-ethyl adjacent to an activating group) is 2. The zero-order chi connectivity index (χ0) is 13.0. The summed E-state index contributed by atoms with van der Waals surface area (Å²) in [7, 11) is 5.74. The van der Waals surface area contributed by atoms with Gasteiger partial charge in [-0.3, -0.25) is 4.90 Å². The molecule has 18 heavy (non-hydrogen) atoms. The molecule has 0 atom stereocenters. The summed E-state index contributed by atoms with van der Waals surface area (Å²) in [6.45, 7) is 2.95. The number of ether oxygens (including phenoxy) is 2. The van der Waals surface area contributed by atoms with Crippen LogP contribution in [0.15, 0.2) is 18.2 Å². The SMILES string of the molecule is CNCCc1ccc(OC)c(OC2CN(C)C2)c1. The zero-order valence-electron chi connectivity index (χ0n) is 11.4. The summed E-state index contributed by atoms with van der Waals surface area (Å²) in [5, 5.41) is 3.15. The molecule has 0 aliphatic carbocycles. The number of rotatable bonds is 6. The van der Waals surface area contributed by atoms with Crippen LogP contribution in [0.5, 0.6) is 11.5 Å². The van der Waals surface area contributed by atoms with E-state index in [1.54, 1.807) is 7.11 Å². The molecule has 1 saturated heterocycles. The van der Waals surface area contributed by atoms with E-state index >= 15 is 0 Å². The van der Waals surface area contributed by atoms with Gasteiger partial charge in [0.2, 0.25) is 0 Å². The lowest BCUT2D eigenvalue weighted by Gasteiger charge is -2.36. The van der Waals surface area contributed by atoms with Gasteiger partial charge in [0.15, 0.2) is 11.5 Å². The molecule has 0 amide bonds. The van der Waals surface area contributed by atoms with Crippen LogP contribution in [-0.4, -0.2) is 51.8 Å². The fourth-order valence-corrected chi connectivity index (χ4v) is 2.13. The second-order valence-electron chi connectivity index (χ2n) is 4.80. The van der Waals surface area contributed by atoms with Crippen molar-refractivity contribution in [1.29, 1.82) is 0 Å². The van der Waals surface area contributed by atoms with E-state index in [1.807, 2.05) is 13.1 Å². The second-order valence-corrected chi connectivity index (χ2v) is 4.80. The summed E-state index contributed by atoms with van der Waals surface area (Å²) < 4.78 is 11.3. The molecule has 0 saturated carbocycles. The molecule has 2 rings (SSSR count). The van der Waals surface area contributed by atoms with Crippen molar-refractivity contribution in [3.63, 3.8) is 0 Å². The van der Waals surface area contributed by atoms with E-state index in [2.05, 4.69) is 29.4 Å². The Hall–Kier alpha value is -1.26. The molecule has 1 N–H and O–H groups in total. The Bertz CT molecular complexity index is 389. The monoisotopic (exact) mass is 250 g/mol. The molecular weight excluding hydrogens is 228 g/mol. The Morgan fingerprint density at radius 3 is 2.72 bits per heavy atom. The van der Waals surface area contributed by atoms with Gasteiger partial charge in [-0.1, -0.05) is 6.07 Å². The van der Waals surface area contributed by atoms with Crippen molar-refractivity contribution in [2.75, 3.05) is 40.8 Å². The lowest BCUT2D eigenvalue weighted by Crippen LogP contribution is -2.51. The van der Waals surface area contributed by atoms with Gasteiger partial charge in [-0.05, 0) is 44.8 Å². The highest BCUT2D eigenvalue weighted by atomic mass is 16.5. The first-order valence-electron chi connectivity index (χ1n) is 6.39. The molecule has 100 valence electrons. The van der Waals surface area contributed by atoms with Crippen LogP contribution in [0.25, 0.3) is 0 Å². The predicted octanol–water partition coefficient (Wildman–Crippen LogP) is 1.15. The zero-order valence-corrected chi connectivity index (χ0v) is 11.4. The molecule has 1 heterocycles. The molecule has 0 spiro atoms. The van der Waals surface area contributed by atoms with Crippen LogP contribution < -0.4 is 14.8 Å². The van der Waals surface area contributed by atoms with Crippen molar-refractivity contribution in [2.24, 2.45) is 0 Å². The van der Waals surface area contributed by atoms with E-state index in [4.69, 9.17) is 9.47 Å². The van der Waals surface area contributed by atoms with Crippen molar-refractivity contribution in [1.82, 2.24) is 10.2 Å². The number of hydrogen-bond acceptors (Lipinski definition) is 4. The van der Waals surface area contributed by atoms with E-state index in [0.717, 1.165) is 37.6 Å². The maximum Gasteiger partial charge on any atom is 0.161 e. The Morgan fingerprint density at radius 1 is 1.33 bits per heavy atom. The molecular formula is C14H22N2O2. The first-order valence-corrected chi connectivity index (χ1v) is 6.39. The van der Waals surface area contributed by atoms with E-state index < -0.39 is 0 Å². The highest BCUT2D eigenvalue weighted by molar-refractivity contribution is 5.43. The molecule has 1 aromatic carbocycles. The normalized spacial score (nSPS) is 16.4. The van der Waals surface area contributed by atoms with Crippen LogP contribution in [0.2, 0.25) is 0 Å². The summed E-state index contributed by atoms with van der Waals surface area (Å²) >= 11 is 0. The average molecular weight is 250 g/mol. The molecule has 0 aromatic heterocycles. The van der Waals surface area contributed by atoms with E-state index in [-0.39, 0.29) is 0 Å². The lowest BCUT2D eigenvalue weighted by atomic mass is 10.1.